The van der Waals surface area contributed by atoms with Crippen molar-refractivity contribution >= 4 is 34.8 Å². The van der Waals surface area contributed by atoms with Crippen molar-refractivity contribution in [3.05, 3.63) is 57.2 Å². The van der Waals surface area contributed by atoms with E-state index in [0.29, 0.717) is 10.6 Å². The van der Waals surface area contributed by atoms with Crippen molar-refractivity contribution in [1.82, 2.24) is 5.32 Å². The van der Waals surface area contributed by atoms with Gasteiger partial charge in [0.05, 0.1) is 6.42 Å². The summed E-state index contributed by atoms with van der Waals surface area (Å²) in [5, 5.41) is 13.9. The van der Waals surface area contributed by atoms with Gasteiger partial charge in [-0.05, 0) is 17.5 Å². The number of hydrogen-bond donors (Lipinski definition) is 2. The molecule has 0 saturated heterocycles. The highest BCUT2D eigenvalue weighted by molar-refractivity contribution is 7.10. The van der Waals surface area contributed by atoms with Gasteiger partial charge in [0.15, 0.2) is 6.04 Å². The Labute approximate surface area is 125 Å². The zero-order chi connectivity index (χ0) is 14.5. The highest BCUT2D eigenvalue weighted by atomic mass is 35.5. The van der Waals surface area contributed by atoms with Gasteiger partial charge in [0.2, 0.25) is 5.91 Å². The average Bonchev–Trinajstić information content (AvgIpc) is 2.89. The molecule has 0 fully saturated rings. The molecule has 0 saturated carbocycles. The van der Waals surface area contributed by atoms with Gasteiger partial charge in [0.1, 0.15) is 0 Å². The first-order valence-corrected chi connectivity index (χ1v) is 7.12. The zero-order valence-corrected chi connectivity index (χ0v) is 11.9. The normalized spacial score (nSPS) is 11.8. The molecule has 1 heterocycles. The first-order valence-electron chi connectivity index (χ1n) is 5.87. The monoisotopic (exact) mass is 309 g/mol. The largest absolute Gasteiger partial charge is 0.479 e. The quantitative estimate of drug-likeness (QED) is 0.892. The average molecular weight is 310 g/mol. The molecule has 0 bridgehead atoms. The molecule has 1 aromatic carbocycles. The summed E-state index contributed by atoms with van der Waals surface area (Å²) in [5.41, 5.74) is 0.376. The third-order valence-corrected chi connectivity index (χ3v) is 3.90. The Hall–Kier alpha value is -1.85. The molecule has 1 amide bonds. The molecule has 1 aromatic heterocycles. The maximum Gasteiger partial charge on any atom is 0.330 e. The van der Waals surface area contributed by atoms with Crippen molar-refractivity contribution in [3.8, 4) is 0 Å². The second-order valence-electron chi connectivity index (χ2n) is 4.12. The Balaban J connectivity index is 2.12. The van der Waals surface area contributed by atoms with E-state index in [-0.39, 0.29) is 12.3 Å². The number of amides is 1. The summed E-state index contributed by atoms with van der Waals surface area (Å²) in [6.07, 6.45) is 0.159. The van der Waals surface area contributed by atoms with Crippen molar-refractivity contribution in [2.75, 3.05) is 0 Å². The van der Waals surface area contributed by atoms with E-state index in [2.05, 4.69) is 5.32 Å². The Bertz CT molecular complexity index is 613. The summed E-state index contributed by atoms with van der Waals surface area (Å²) in [6, 6.07) is 9.10. The molecule has 0 unspecified atom stereocenters. The Morgan fingerprint density at radius 1 is 1.25 bits per heavy atom. The fraction of sp³-hybridized carbons (Fsp3) is 0.143. The maximum atomic E-state index is 11.9. The smallest absolute Gasteiger partial charge is 0.330 e. The Morgan fingerprint density at radius 2 is 2.00 bits per heavy atom. The van der Waals surface area contributed by atoms with Gasteiger partial charge in [-0.25, -0.2) is 4.79 Å². The van der Waals surface area contributed by atoms with E-state index >= 15 is 0 Å². The lowest BCUT2D eigenvalue weighted by atomic mass is 10.1. The Kier molecular flexibility index (Phi) is 4.76. The van der Waals surface area contributed by atoms with Crippen molar-refractivity contribution < 1.29 is 14.7 Å². The standard InChI is InChI=1S/C14H12ClNO3S/c15-11-6-2-1-5-10(11)13(14(18)19)16-12(17)8-9-4-3-7-20-9/h1-7,13H,8H2,(H,16,17)(H,18,19)/t13-/m1/s1. The number of benzene rings is 1. The lowest BCUT2D eigenvalue weighted by Crippen LogP contribution is -2.34. The minimum absolute atomic E-state index is 0.159. The molecule has 1 atom stereocenters. The predicted molar refractivity (Wildman–Crippen MR) is 78.0 cm³/mol. The lowest BCUT2D eigenvalue weighted by molar-refractivity contribution is -0.141. The third-order valence-electron chi connectivity index (χ3n) is 2.68. The summed E-state index contributed by atoms with van der Waals surface area (Å²) in [4.78, 5) is 24.1. The van der Waals surface area contributed by atoms with Crippen LogP contribution in [0.4, 0.5) is 0 Å². The zero-order valence-electron chi connectivity index (χ0n) is 10.4. The molecule has 0 radical (unpaired) electrons. The maximum absolute atomic E-state index is 11.9. The summed E-state index contributed by atoms with van der Waals surface area (Å²) in [7, 11) is 0. The second kappa shape index (κ2) is 6.54. The van der Waals surface area contributed by atoms with Crippen molar-refractivity contribution in [1.29, 1.82) is 0 Å². The molecule has 104 valence electrons. The number of rotatable bonds is 5. The molecule has 20 heavy (non-hydrogen) atoms. The van der Waals surface area contributed by atoms with Crippen LogP contribution in [-0.2, 0) is 16.0 Å². The molecule has 0 aliphatic carbocycles. The van der Waals surface area contributed by atoms with Crippen molar-refractivity contribution in [2.45, 2.75) is 12.5 Å². The van der Waals surface area contributed by atoms with E-state index in [1.807, 2.05) is 17.5 Å². The van der Waals surface area contributed by atoms with Crippen molar-refractivity contribution in [2.24, 2.45) is 0 Å². The second-order valence-corrected chi connectivity index (χ2v) is 5.56. The number of carbonyl (C=O) groups excluding carboxylic acids is 1. The van der Waals surface area contributed by atoms with E-state index in [9.17, 15) is 14.7 Å². The number of nitrogens with one attached hydrogen (secondary N) is 1. The third kappa shape index (κ3) is 3.59. The number of carbonyl (C=O) groups is 2. The van der Waals surface area contributed by atoms with Gasteiger partial charge >= 0.3 is 5.97 Å². The van der Waals surface area contributed by atoms with Gasteiger partial charge in [0.25, 0.3) is 0 Å². The van der Waals surface area contributed by atoms with Gasteiger partial charge in [-0.3, -0.25) is 4.79 Å². The summed E-state index contributed by atoms with van der Waals surface area (Å²) < 4.78 is 0. The molecular weight excluding hydrogens is 298 g/mol. The van der Waals surface area contributed by atoms with Crippen LogP contribution < -0.4 is 5.32 Å². The van der Waals surface area contributed by atoms with E-state index in [4.69, 9.17) is 11.6 Å². The number of carboxylic acids is 1. The van der Waals surface area contributed by atoms with Gasteiger partial charge in [0, 0.05) is 15.5 Å². The number of aliphatic carboxylic acids is 1. The predicted octanol–water partition coefficient (Wildman–Crippen LogP) is 2.89. The lowest BCUT2D eigenvalue weighted by Gasteiger charge is -2.15. The summed E-state index contributed by atoms with van der Waals surface area (Å²) in [5.74, 6) is -1.49. The molecule has 2 rings (SSSR count). The number of thiophene rings is 1. The van der Waals surface area contributed by atoms with Gasteiger partial charge < -0.3 is 10.4 Å². The molecule has 2 aromatic rings. The van der Waals surface area contributed by atoms with Crippen LogP contribution in [0.5, 0.6) is 0 Å². The minimum Gasteiger partial charge on any atom is -0.479 e. The molecular formula is C14H12ClNO3S. The summed E-state index contributed by atoms with van der Waals surface area (Å²) >= 11 is 7.43. The molecule has 0 spiro atoms. The van der Waals surface area contributed by atoms with Crippen LogP contribution in [0.3, 0.4) is 0 Å². The first-order chi connectivity index (χ1) is 9.58. The van der Waals surface area contributed by atoms with E-state index < -0.39 is 12.0 Å². The van der Waals surface area contributed by atoms with Gasteiger partial charge in [-0.15, -0.1) is 11.3 Å². The Morgan fingerprint density at radius 3 is 2.60 bits per heavy atom. The van der Waals surface area contributed by atoms with Crippen LogP contribution in [0.15, 0.2) is 41.8 Å². The number of halogens is 1. The molecule has 0 aliphatic rings. The molecule has 0 aliphatic heterocycles. The van der Waals surface area contributed by atoms with E-state index in [1.54, 1.807) is 24.3 Å². The van der Waals surface area contributed by atoms with Crippen molar-refractivity contribution in [3.63, 3.8) is 0 Å². The van der Waals surface area contributed by atoms with Crippen LogP contribution in [0, 0.1) is 0 Å². The molecule has 4 nitrogen and oxygen atoms in total. The van der Waals surface area contributed by atoms with Crippen LogP contribution >= 0.6 is 22.9 Å². The van der Waals surface area contributed by atoms with Crippen LogP contribution in [-0.4, -0.2) is 17.0 Å². The fourth-order valence-corrected chi connectivity index (χ4v) is 2.71. The SMILES string of the molecule is O=C(Cc1cccs1)N[C@@H](C(=O)O)c1ccccc1Cl. The fourth-order valence-electron chi connectivity index (χ4n) is 1.77. The van der Waals surface area contributed by atoms with E-state index in [1.165, 1.54) is 11.3 Å². The minimum atomic E-state index is -1.14. The van der Waals surface area contributed by atoms with Crippen LogP contribution in [0.2, 0.25) is 5.02 Å². The van der Waals surface area contributed by atoms with Crippen LogP contribution in [0.1, 0.15) is 16.5 Å². The van der Waals surface area contributed by atoms with Gasteiger partial charge in [-0.1, -0.05) is 35.9 Å². The van der Waals surface area contributed by atoms with Gasteiger partial charge in [-0.2, -0.15) is 0 Å². The number of hydrogen-bond acceptors (Lipinski definition) is 3. The summed E-state index contributed by atoms with van der Waals surface area (Å²) in [6.45, 7) is 0. The number of carboxylic acid groups (broad SMARTS) is 1. The first kappa shape index (κ1) is 14.6. The topological polar surface area (TPSA) is 66.4 Å². The molecule has 6 heteroatoms. The van der Waals surface area contributed by atoms with E-state index in [0.717, 1.165) is 4.88 Å². The highest BCUT2D eigenvalue weighted by Crippen LogP contribution is 2.23. The molecule has 2 N–H and O–H groups in total. The van der Waals surface area contributed by atoms with Crippen LogP contribution in [0.25, 0.3) is 0 Å². The highest BCUT2D eigenvalue weighted by Gasteiger charge is 2.24.